The maximum atomic E-state index is 11.1. The van der Waals surface area contributed by atoms with Crippen molar-refractivity contribution in [3.05, 3.63) is 83.4 Å². The van der Waals surface area contributed by atoms with E-state index in [1.807, 2.05) is 56.3 Å². The molecule has 0 saturated carbocycles. The average molecular weight is 526 g/mol. The van der Waals surface area contributed by atoms with Crippen molar-refractivity contribution in [1.29, 1.82) is 0 Å². The lowest BCUT2D eigenvalue weighted by molar-refractivity contribution is 0.0953. The molecule has 39 heavy (non-hydrogen) atoms. The van der Waals surface area contributed by atoms with E-state index in [1.165, 1.54) is 24.8 Å². The Morgan fingerprint density at radius 3 is 2.21 bits per heavy atom. The number of ether oxygens (including phenoxy) is 2. The van der Waals surface area contributed by atoms with E-state index >= 15 is 0 Å². The predicted molar refractivity (Wildman–Crippen MR) is 159 cm³/mol. The van der Waals surface area contributed by atoms with Crippen LogP contribution in [0, 0.1) is 0 Å². The van der Waals surface area contributed by atoms with Crippen molar-refractivity contribution in [2.45, 2.75) is 65.6 Å². The number of likely N-dealkylation sites (tertiary alicyclic amines) is 1. The van der Waals surface area contributed by atoms with Gasteiger partial charge in [-0.2, -0.15) is 0 Å². The van der Waals surface area contributed by atoms with Crippen LogP contribution in [0.3, 0.4) is 0 Å². The third-order valence-electron chi connectivity index (χ3n) is 7.65. The highest BCUT2D eigenvalue weighted by Gasteiger charge is 2.25. The second-order valence-corrected chi connectivity index (χ2v) is 10.4. The zero-order valence-electron chi connectivity index (χ0n) is 23.4. The Balaban J connectivity index is 1.55. The standard InChI is InChI=1S/C33H39N3O3/c1-5-38-29-19-27-28(20-30(29)39-6-2)35-33(37)31(27)32(25-13-8-7-9-14-25)34-26-17-15-24(16-18-26)21-36-22(3)11-10-12-23(36)4/h7-9,13-20,22-23,35,37H,5-6,10-12,21H2,1-4H3. The number of rotatable bonds is 9. The maximum absolute atomic E-state index is 11.1. The fourth-order valence-electron chi connectivity index (χ4n) is 5.63. The van der Waals surface area contributed by atoms with Crippen LogP contribution >= 0.6 is 0 Å². The van der Waals surface area contributed by atoms with Crippen molar-refractivity contribution in [3.8, 4) is 17.4 Å². The molecule has 6 heteroatoms. The molecule has 2 atom stereocenters. The first-order valence-corrected chi connectivity index (χ1v) is 14.1. The summed E-state index contributed by atoms with van der Waals surface area (Å²) in [5, 5.41) is 12.0. The topological polar surface area (TPSA) is 70.1 Å². The number of hydrogen-bond donors (Lipinski definition) is 2. The van der Waals surface area contributed by atoms with Gasteiger partial charge in [0, 0.05) is 35.6 Å². The van der Waals surface area contributed by atoms with Crippen molar-refractivity contribution in [1.82, 2.24) is 9.88 Å². The highest BCUT2D eigenvalue weighted by molar-refractivity contribution is 6.22. The third-order valence-corrected chi connectivity index (χ3v) is 7.65. The Morgan fingerprint density at radius 1 is 0.923 bits per heavy atom. The summed E-state index contributed by atoms with van der Waals surface area (Å²) in [6.07, 6.45) is 3.84. The molecule has 0 spiro atoms. The van der Waals surface area contributed by atoms with Gasteiger partial charge in [0.1, 0.15) is 0 Å². The van der Waals surface area contributed by atoms with Crippen LogP contribution in [0.25, 0.3) is 10.9 Å². The second-order valence-electron chi connectivity index (χ2n) is 10.4. The molecule has 3 aromatic carbocycles. The van der Waals surface area contributed by atoms with E-state index < -0.39 is 0 Å². The van der Waals surface area contributed by atoms with Crippen LogP contribution in [-0.4, -0.2) is 46.0 Å². The number of aromatic hydroxyl groups is 1. The van der Waals surface area contributed by atoms with Gasteiger partial charge in [-0.15, -0.1) is 0 Å². The summed E-state index contributed by atoms with van der Waals surface area (Å²) in [4.78, 5) is 10.8. The molecule has 5 rings (SSSR count). The molecule has 0 amide bonds. The summed E-state index contributed by atoms with van der Waals surface area (Å²) in [6.45, 7) is 10.5. The molecule has 4 aromatic rings. The number of aromatic nitrogens is 1. The number of aliphatic imine (C=N–C) groups is 1. The van der Waals surface area contributed by atoms with Crippen molar-refractivity contribution in [2.75, 3.05) is 13.2 Å². The molecule has 1 aromatic heterocycles. The van der Waals surface area contributed by atoms with Crippen LogP contribution in [-0.2, 0) is 6.54 Å². The Labute approximate surface area is 231 Å². The molecule has 1 fully saturated rings. The molecule has 0 radical (unpaired) electrons. The van der Waals surface area contributed by atoms with Gasteiger partial charge in [0.05, 0.1) is 35.7 Å². The summed E-state index contributed by atoms with van der Waals surface area (Å²) in [5.74, 6) is 1.35. The van der Waals surface area contributed by atoms with E-state index in [0.717, 1.165) is 28.7 Å². The number of nitrogens with one attached hydrogen (secondary N) is 1. The monoisotopic (exact) mass is 525 g/mol. The van der Waals surface area contributed by atoms with Crippen molar-refractivity contribution in [2.24, 2.45) is 4.99 Å². The van der Waals surface area contributed by atoms with E-state index in [-0.39, 0.29) is 5.88 Å². The first-order valence-electron chi connectivity index (χ1n) is 14.1. The SMILES string of the molecule is CCOc1cc2[nH]c(O)c(C(=Nc3ccc(CN4C(C)CCCC4C)cc3)c3ccccc3)c2cc1OCC. The Morgan fingerprint density at radius 2 is 1.56 bits per heavy atom. The largest absolute Gasteiger partial charge is 0.494 e. The lowest BCUT2D eigenvalue weighted by atomic mass is 9.96. The van der Waals surface area contributed by atoms with Crippen LogP contribution in [0.5, 0.6) is 17.4 Å². The van der Waals surface area contributed by atoms with Crippen molar-refractivity contribution < 1.29 is 14.6 Å². The summed E-state index contributed by atoms with van der Waals surface area (Å²) < 4.78 is 11.7. The van der Waals surface area contributed by atoms with Crippen LogP contribution in [0.2, 0.25) is 0 Å². The Bertz CT molecular complexity index is 1420. The van der Waals surface area contributed by atoms with E-state index in [2.05, 4.69) is 48.0 Å². The second kappa shape index (κ2) is 12.0. The quantitative estimate of drug-likeness (QED) is 0.221. The smallest absolute Gasteiger partial charge is 0.199 e. The lowest BCUT2D eigenvalue weighted by Gasteiger charge is -2.39. The molecule has 1 aliphatic heterocycles. The van der Waals surface area contributed by atoms with E-state index in [0.29, 0.717) is 48.1 Å². The van der Waals surface area contributed by atoms with Gasteiger partial charge in [-0.05, 0) is 64.3 Å². The highest BCUT2D eigenvalue weighted by atomic mass is 16.5. The molecular weight excluding hydrogens is 486 g/mol. The van der Waals surface area contributed by atoms with Crippen LogP contribution < -0.4 is 9.47 Å². The molecule has 204 valence electrons. The Kier molecular flexibility index (Phi) is 8.22. The van der Waals surface area contributed by atoms with Crippen LogP contribution in [0.4, 0.5) is 5.69 Å². The number of H-pyrrole nitrogens is 1. The molecule has 2 unspecified atom stereocenters. The van der Waals surface area contributed by atoms with E-state index in [4.69, 9.17) is 14.5 Å². The number of hydrogen-bond acceptors (Lipinski definition) is 5. The first-order chi connectivity index (χ1) is 19.0. The zero-order chi connectivity index (χ0) is 27.4. The van der Waals surface area contributed by atoms with Crippen LogP contribution in [0.1, 0.15) is 63.6 Å². The fraction of sp³-hybridized carbons (Fsp3) is 0.364. The van der Waals surface area contributed by atoms with Gasteiger partial charge in [0.2, 0.25) is 0 Å². The zero-order valence-corrected chi connectivity index (χ0v) is 23.4. The van der Waals surface area contributed by atoms with Gasteiger partial charge in [-0.1, -0.05) is 48.9 Å². The minimum absolute atomic E-state index is 0.0633. The van der Waals surface area contributed by atoms with Crippen molar-refractivity contribution in [3.63, 3.8) is 0 Å². The first kappa shape index (κ1) is 26.8. The number of piperidine rings is 1. The van der Waals surface area contributed by atoms with E-state index in [1.54, 1.807) is 0 Å². The number of benzene rings is 3. The molecule has 2 heterocycles. The van der Waals surface area contributed by atoms with Crippen molar-refractivity contribution >= 4 is 22.3 Å². The number of fused-ring (bicyclic) bond motifs is 1. The van der Waals surface area contributed by atoms with Gasteiger partial charge in [-0.3, -0.25) is 4.90 Å². The summed E-state index contributed by atoms with van der Waals surface area (Å²) in [6, 6.07) is 23.5. The van der Waals surface area contributed by atoms with Gasteiger partial charge in [-0.25, -0.2) is 4.99 Å². The summed E-state index contributed by atoms with van der Waals surface area (Å²) in [7, 11) is 0. The number of nitrogens with zero attached hydrogens (tertiary/aromatic N) is 2. The molecule has 2 N–H and O–H groups in total. The third kappa shape index (κ3) is 5.81. The Hall–Kier alpha value is -3.77. The number of aromatic amines is 1. The minimum Gasteiger partial charge on any atom is -0.494 e. The lowest BCUT2D eigenvalue weighted by Crippen LogP contribution is -2.42. The maximum Gasteiger partial charge on any atom is 0.199 e. The molecule has 0 bridgehead atoms. The summed E-state index contributed by atoms with van der Waals surface area (Å²) in [5.41, 5.74) is 5.13. The fourth-order valence-corrected chi connectivity index (χ4v) is 5.63. The molecule has 6 nitrogen and oxygen atoms in total. The van der Waals surface area contributed by atoms with Gasteiger partial charge < -0.3 is 19.6 Å². The van der Waals surface area contributed by atoms with Gasteiger partial charge in [0.25, 0.3) is 0 Å². The van der Waals surface area contributed by atoms with Crippen LogP contribution in [0.15, 0.2) is 71.7 Å². The predicted octanol–water partition coefficient (Wildman–Crippen LogP) is 7.60. The average Bonchev–Trinajstić information content (AvgIpc) is 3.25. The van der Waals surface area contributed by atoms with Gasteiger partial charge in [0.15, 0.2) is 17.4 Å². The normalized spacial score (nSPS) is 18.4. The molecule has 1 aliphatic rings. The molecular formula is C33H39N3O3. The molecule has 0 aliphatic carbocycles. The minimum atomic E-state index is 0.0633. The van der Waals surface area contributed by atoms with Gasteiger partial charge >= 0.3 is 0 Å². The molecule has 1 saturated heterocycles. The highest BCUT2D eigenvalue weighted by Crippen LogP contribution is 2.39. The van der Waals surface area contributed by atoms with E-state index in [9.17, 15) is 5.11 Å². The summed E-state index contributed by atoms with van der Waals surface area (Å²) >= 11 is 0.